The quantitative estimate of drug-likeness (QED) is 0.781. The molecule has 0 radical (unpaired) electrons. The number of halogens is 1. The highest BCUT2D eigenvalue weighted by molar-refractivity contribution is 6.04. The first-order valence-corrected chi connectivity index (χ1v) is 7.68. The van der Waals surface area contributed by atoms with Crippen LogP contribution in [-0.4, -0.2) is 22.9 Å². The van der Waals surface area contributed by atoms with Gasteiger partial charge >= 0.3 is 0 Å². The zero-order chi connectivity index (χ0) is 18.5. The molecule has 6 nitrogen and oxygen atoms in total. The van der Waals surface area contributed by atoms with Gasteiger partial charge in [-0.1, -0.05) is 6.07 Å². The molecular formula is C19H14FN5O. The Morgan fingerprint density at radius 1 is 1.19 bits per heavy atom. The molecule has 0 aliphatic heterocycles. The summed E-state index contributed by atoms with van der Waals surface area (Å²) in [5.41, 5.74) is 2.04. The van der Waals surface area contributed by atoms with E-state index in [-0.39, 0.29) is 11.6 Å². The maximum absolute atomic E-state index is 14.2. The molecule has 0 saturated heterocycles. The first-order chi connectivity index (χ1) is 12.6. The van der Waals surface area contributed by atoms with Gasteiger partial charge in [-0.15, -0.1) is 0 Å². The van der Waals surface area contributed by atoms with Crippen LogP contribution in [0.25, 0.3) is 0 Å². The van der Waals surface area contributed by atoms with Gasteiger partial charge in [0.05, 0.1) is 35.4 Å². The number of nitriles is 1. The molecule has 0 aliphatic rings. The highest BCUT2D eigenvalue weighted by Gasteiger charge is 2.13. The van der Waals surface area contributed by atoms with Crippen molar-refractivity contribution in [3.8, 4) is 6.07 Å². The predicted molar refractivity (Wildman–Crippen MR) is 95.6 cm³/mol. The molecule has 0 unspecified atom stereocenters. The molecule has 0 aliphatic carbocycles. The largest absolute Gasteiger partial charge is 0.340 e. The molecule has 1 heterocycles. The van der Waals surface area contributed by atoms with E-state index < -0.39 is 5.82 Å². The molecule has 3 rings (SSSR count). The number of carbonyl (C=O) groups is 1. The monoisotopic (exact) mass is 347 g/mol. The molecule has 26 heavy (non-hydrogen) atoms. The molecule has 3 aromatic rings. The van der Waals surface area contributed by atoms with E-state index in [0.717, 1.165) is 0 Å². The zero-order valence-electron chi connectivity index (χ0n) is 13.8. The van der Waals surface area contributed by atoms with Crippen molar-refractivity contribution < 1.29 is 9.18 Å². The lowest BCUT2D eigenvalue weighted by atomic mass is 10.1. The number of hydrogen-bond acceptors (Lipinski definition) is 5. The van der Waals surface area contributed by atoms with Crippen molar-refractivity contribution >= 4 is 23.0 Å². The summed E-state index contributed by atoms with van der Waals surface area (Å²) >= 11 is 0. The van der Waals surface area contributed by atoms with E-state index in [0.29, 0.717) is 22.5 Å². The number of nitrogens with one attached hydrogen (secondary N) is 1. The van der Waals surface area contributed by atoms with Crippen LogP contribution in [0.15, 0.2) is 61.2 Å². The van der Waals surface area contributed by atoms with E-state index in [4.69, 9.17) is 5.26 Å². The Balaban J connectivity index is 1.85. The fourth-order valence-electron chi connectivity index (χ4n) is 2.38. The predicted octanol–water partition coefficient (Wildman–Crippen LogP) is 3.51. The van der Waals surface area contributed by atoms with Gasteiger partial charge < -0.3 is 10.2 Å². The third kappa shape index (κ3) is 3.65. The van der Waals surface area contributed by atoms with Crippen LogP contribution in [0.3, 0.4) is 0 Å². The van der Waals surface area contributed by atoms with Gasteiger partial charge in [-0.05, 0) is 36.4 Å². The highest BCUT2D eigenvalue weighted by Crippen LogP contribution is 2.28. The molecule has 1 amide bonds. The Morgan fingerprint density at radius 2 is 1.96 bits per heavy atom. The van der Waals surface area contributed by atoms with E-state index in [1.807, 2.05) is 6.07 Å². The van der Waals surface area contributed by atoms with Crippen LogP contribution in [0.4, 0.5) is 21.5 Å². The van der Waals surface area contributed by atoms with Crippen molar-refractivity contribution in [2.24, 2.45) is 0 Å². The lowest BCUT2D eigenvalue weighted by molar-refractivity contribution is 0.102. The second kappa shape index (κ2) is 7.40. The minimum absolute atomic E-state index is 0.267. The molecule has 0 fully saturated rings. The summed E-state index contributed by atoms with van der Waals surface area (Å²) in [7, 11) is 1.68. The van der Waals surface area contributed by atoms with E-state index >= 15 is 0 Å². The number of carbonyl (C=O) groups excluding carboxylic acids is 1. The highest BCUT2D eigenvalue weighted by atomic mass is 19.1. The first-order valence-electron chi connectivity index (χ1n) is 7.68. The van der Waals surface area contributed by atoms with E-state index in [2.05, 4.69) is 15.3 Å². The molecule has 0 atom stereocenters. The molecule has 0 spiro atoms. The number of amides is 1. The number of aromatic nitrogens is 2. The zero-order valence-corrected chi connectivity index (χ0v) is 13.8. The van der Waals surface area contributed by atoms with Gasteiger partial charge in [-0.25, -0.2) is 14.4 Å². The third-order valence-electron chi connectivity index (χ3n) is 3.75. The van der Waals surface area contributed by atoms with Crippen LogP contribution < -0.4 is 10.2 Å². The average molecular weight is 347 g/mol. The van der Waals surface area contributed by atoms with Gasteiger partial charge in [-0.2, -0.15) is 5.26 Å². The normalized spacial score (nSPS) is 10.0. The number of benzene rings is 2. The Morgan fingerprint density at radius 3 is 2.69 bits per heavy atom. The van der Waals surface area contributed by atoms with Crippen molar-refractivity contribution in [2.75, 3.05) is 17.3 Å². The van der Waals surface area contributed by atoms with Gasteiger partial charge in [0.1, 0.15) is 12.1 Å². The van der Waals surface area contributed by atoms with Crippen molar-refractivity contribution in [1.29, 1.82) is 5.26 Å². The Hall–Kier alpha value is -3.79. The van der Waals surface area contributed by atoms with Crippen molar-refractivity contribution in [3.05, 3.63) is 78.1 Å². The SMILES string of the molecule is CN(c1cncnc1)c1cc(NC(=O)c2cccc(C#N)c2)ccc1F. The van der Waals surface area contributed by atoms with Crippen LogP contribution in [0.1, 0.15) is 15.9 Å². The first kappa shape index (κ1) is 17.0. The van der Waals surface area contributed by atoms with Crippen LogP contribution in [-0.2, 0) is 0 Å². The fraction of sp³-hybridized carbons (Fsp3) is 0.0526. The van der Waals surface area contributed by atoms with Crippen molar-refractivity contribution in [2.45, 2.75) is 0 Å². The van der Waals surface area contributed by atoms with E-state index in [9.17, 15) is 9.18 Å². The minimum Gasteiger partial charge on any atom is -0.340 e. The molecule has 128 valence electrons. The van der Waals surface area contributed by atoms with Gasteiger partial charge in [-0.3, -0.25) is 4.79 Å². The van der Waals surface area contributed by atoms with Crippen LogP contribution in [0.5, 0.6) is 0 Å². The Kier molecular flexibility index (Phi) is 4.85. The topological polar surface area (TPSA) is 81.9 Å². The molecule has 1 aromatic heterocycles. The minimum atomic E-state index is -0.444. The van der Waals surface area contributed by atoms with Crippen LogP contribution >= 0.6 is 0 Å². The number of nitrogens with zero attached hydrogens (tertiary/aromatic N) is 4. The molecular weight excluding hydrogens is 333 g/mol. The van der Waals surface area contributed by atoms with Gasteiger partial charge in [0.15, 0.2) is 0 Å². The number of hydrogen-bond donors (Lipinski definition) is 1. The smallest absolute Gasteiger partial charge is 0.255 e. The lowest BCUT2D eigenvalue weighted by Crippen LogP contribution is -2.15. The average Bonchev–Trinajstić information content (AvgIpc) is 2.69. The molecule has 1 N–H and O–H groups in total. The summed E-state index contributed by atoms with van der Waals surface area (Å²) < 4.78 is 14.2. The van der Waals surface area contributed by atoms with Crippen molar-refractivity contribution in [3.63, 3.8) is 0 Å². The maximum atomic E-state index is 14.2. The summed E-state index contributed by atoms with van der Waals surface area (Å²) in [5.74, 6) is -0.828. The van der Waals surface area contributed by atoms with Gasteiger partial charge in [0.25, 0.3) is 5.91 Å². The standard InChI is InChI=1S/C19H14FN5O/c1-25(16-10-22-12-23-11-16)18-8-15(5-6-17(18)20)24-19(26)14-4-2-3-13(7-14)9-21/h2-8,10-12H,1H3,(H,24,26). The summed E-state index contributed by atoms with van der Waals surface area (Å²) in [5, 5.41) is 11.6. The molecule has 2 aromatic carbocycles. The van der Waals surface area contributed by atoms with Gasteiger partial charge in [0, 0.05) is 18.3 Å². The van der Waals surface area contributed by atoms with E-state index in [1.165, 1.54) is 30.6 Å². The van der Waals surface area contributed by atoms with Crippen LogP contribution in [0, 0.1) is 17.1 Å². The fourth-order valence-corrected chi connectivity index (χ4v) is 2.38. The summed E-state index contributed by atoms with van der Waals surface area (Å²) in [6.45, 7) is 0. The lowest BCUT2D eigenvalue weighted by Gasteiger charge is -2.20. The second-order valence-corrected chi connectivity index (χ2v) is 5.47. The van der Waals surface area contributed by atoms with E-state index in [1.54, 1.807) is 42.5 Å². The van der Waals surface area contributed by atoms with Crippen molar-refractivity contribution in [1.82, 2.24) is 9.97 Å². The molecule has 0 bridgehead atoms. The summed E-state index contributed by atoms with van der Waals surface area (Å²) in [4.78, 5) is 21.8. The second-order valence-electron chi connectivity index (χ2n) is 5.47. The van der Waals surface area contributed by atoms with Crippen LogP contribution in [0.2, 0.25) is 0 Å². The Bertz CT molecular complexity index is 985. The summed E-state index contributed by atoms with van der Waals surface area (Å²) in [6.07, 6.45) is 4.51. The number of anilines is 3. The summed E-state index contributed by atoms with van der Waals surface area (Å²) in [6, 6.07) is 12.6. The molecule has 0 saturated carbocycles. The van der Waals surface area contributed by atoms with Gasteiger partial charge in [0.2, 0.25) is 0 Å². The maximum Gasteiger partial charge on any atom is 0.255 e. The molecule has 7 heteroatoms. The third-order valence-corrected chi connectivity index (χ3v) is 3.75. The Labute approximate surface area is 149 Å². The number of rotatable bonds is 4.